The second-order valence-corrected chi connectivity index (χ2v) is 6.86. The average Bonchev–Trinajstić information content (AvgIpc) is 3.22. The molecule has 1 N–H and O–H groups in total. The predicted molar refractivity (Wildman–Crippen MR) is 100 cm³/mol. The van der Waals surface area contributed by atoms with Crippen LogP contribution in [0.2, 0.25) is 0 Å². The zero-order valence-electron chi connectivity index (χ0n) is 14.6. The Kier molecular flexibility index (Phi) is 4.01. The molecule has 0 spiro atoms. The van der Waals surface area contributed by atoms with Crippen LogP contribution in [0.15, 0.2) is 42.7 Å². The maximum atomic E-state index is 12.8. The minimum Gasteiger partial charge on any atom is -0.319 e. The normalized spacial score (nSPS) is 12.9. The van der Waals surface area contributed by atoms with E-state index in [1.165, 1.54) is 16.5 Å². The van der Waals surface area contributed by atoms with Gasteiger partial charge in [0, 0.05) is 18.3 Å². The summed E-state index contributed by atoms with van der Waals surface area (Å²) in [6.07, 6.45) is 5.71. The van der Waals surface area contributed by atoms with Gasteiger partial charge in [0.05, 0.1) is 18.4 Å². The van der Waals surface area contributed by atoms with Gasteiger partial charge in [0.1, 0.15) is 0 Å². The van der Waals surface area contributed by atoms with Crippen LogP contribution in [0.1, 0.15) is 21.5 Å². The fraction of sp³-hybridized carbons (Fsp3) is 0.300. The van der Waals surface area contributed by atoms with Gasteiger partial charge in [-0.3, -0.25) is 9.48 Å². The van der Waals surface area contributed by atoms with Crippen molar-refractivity contribution in [2.75, 3.05) is 26.0 Å². The van der Waals surface area contributed by atoms with E-state index in [1.807, 2.05) is 43.2 Å². The molecule has 0 fully saturated rings. The molecule has 25 heavy (non-hydrogen) atoms. The molecule has 1 amide bonds. The van der Waals surface area contributed by atoms with Crippen molar-refractivity contribution in [3.05, 3.63) is 59.4 Å². The van der Waals surface area contributed by atoms with Crippen LogP contribution < -0.4 is 5.32 Å². The highest BCUT2D eigenvalue weighted by Crippen LogP contribution is 2.33. The van der Waals surface area contributed by atoms with E-state index in [4.69, 9.17) is 0 Å². The SMILES string of the molecule is CN(C)CCn1cc(NC(=O)c2ccc3c4c(cccc24)CC3)cn1. The Morgan fingerprint density at radius 1 is 1.20 bits per heavy atom. The van der Waals surface area contributed by atoms with E-state index in [-0.39, 0.29) is 5.91 Å². The van der Waals surface area contributed by atoms with Crippen LogP contribution in [0.5, 0.6) is 0 Å². The summed E-state index contributed by atoms with van der Waals surface area (Å²) in [5.74, 6) is -0.0808. The number of nitrogens with one attached hydrogen (secondary N) is 1. The number of likely N-dealkylation sites (N-methyl/N-ethyl adjacent to an activating group) is 1. The van der Waals surface area contributed by atoms with Crippen LogP contribution in [0.25, 0.3) is 10.8 Å². The summed E-state index contributed by atoms with van der Waals surface area (Å²) in [6.45, 7) is 1.70. The molecule has 128 valence electrons. The number of nitrogens with zero attached hydrogens (tertiary/aromatic N) is 3. The molecule has 0 saturated heterocycles. The number of amides is 1. The third-order valence-electron chi connectivity index (χ3n) is 4.79. The zero-order valence-corrected chi connectivity index (χ0v) is 14.6. The Hall–Kier alpha value is -2.66. The first-order chi connectivity index (χ1) is 12.1. The summed E-state index contributed by atoms with van der Waals surface area (Å²) in [5.41, 5.74) is 4.15. The van der Waals surface area contributed by atoms with Crippen LogP contribution in [0.4, 0.5) is 5.69 Å². The molecular formula is C20H22N4O. The number of carbonyl (C=O) groups is 1. The average molecular weight is 334 g/mol. The van der Waals surface area contributed by atoms with E-state index in [0.29, 0.717) is 0 Å². The second-order valence-electron chi connectivity index (χ2n) is 6.86. The van der Waals surface area contributed by atoms with Crippen molar-refractivity contribution in [2.24, 2.45) is 0 Å². The van der Waals surface area contributed by atoms with Gasteiger partial charge in [0.2, 0.25) is 0 Å². The number of carbonyl (C=O) groups excluding carboxylic acids is 1. The highest BCUT2D eigenvalue weighted by atomic mass is 16.1. The third kappa shape index (κ3) is 3.03. The lowest BCUT2D eigenvalue weighted by atomic mass is 9.99. The molecule has 1 aromatic heterocycles. The van der Waals surface area contributed by atoms with Gasteiger partial charge in [0.15, 0.2) is 0 Å². The summed E-state index contributed by atoms with van der Waals surface area (Å²) < 4.78 is 1.85. The highest BCUT2D eigenvalue weighted by molar-refractivity contribution is 6.14. The van der Waals surface area contributed by atoms with Crippen LogP contribution in [-0.4, -0.2) is 41.2 Å². The summed E-state index contributed by atoms with van der Waals surface area (Å²) in [6, 6.07) is 10.3. The molecule has 0 saturated carbocycles. The Bertz CT molecular complexity index is 932. The first kappa shape index (κ1) is 15.8. The molecule has 1 heterocycles. The minimum atomic E-state index is -0.0808. The van der Waals surface area contributed by atoms with E-state index in [1.54, 1.807) is 6.20 Å². The van der Waals surface area contributed by atoms with E-state index in [9.17, 15) is 4.79 Å². The van der Waals surface area contributed by atoms with Crippen molar-refractivity contribution in [1.82, 2.24) is 14.7 Å². The second kappa shape index (κ2) is 6.33. The molecule has 0 unspecified atom stereocenters. The van der Waals surface area contributed by atoms with Gasteiger partial charge in [-0.1, -0.05) is 24.3 Å². The summed E-state index contributed by atoms with van der Waals surface area (Å²) in [5, 5.41) is 9.60. The van der Waals surface area contributed by atoms with Crippen LogP contribution in [0.3, 0.4) is 0 Å². The van der Waals surface area contributed by atoms with E-state index in [2.05, 4.69) is 27.4 Å². The molecular weight excluding hydrogens is 312 g/mol. The standard InChI is InChI=1S/C20H22N4O/c1-23(2)10-11-24-13-16(12-21-24)22-20(25)18-9-8-15-7-6-14-4-3-5-17(18)19(14)15/h3-5,8-9,12-13H,6-7,10-11H2,1-2H3,(H,22,25). The van der Waals surface area contributed by atoms with Gasteiger partial charge in [0.25, 0.3) is 5.91 Å². The lowest BCUT2D eigenvalue weighted by molar-refractivity contribution is 0.102. The molecule has 4 rings (SSSR count). The summed E-state index contributed by atoms with van der Waals surface area (Å²) >= 11 is 0. The molecule has 0 atom stereocenters. The van der Waals surface area contributed by atoms with Crippen molar-refractivity contribution in [1.29, 1.82) is 0 Å². The van der Waals surface area contributed by atoms with Crippen molar-refractivity contribution >= 4 is 22.4 Å². The van der Waals surface area contributed by atoms with Gasteiger partial charge in [-0.05, 0) is 54.9 Å². The molecule has 5 heteroatoms. The summed E-state index contributed by atoms with van der Waals surface area (Å²) in [4.78, 5) is 14.9. The number of anilines is 1. The topological polar surface area (TPSA) is 50.2 Å². The largest absolute Gasteiger partial charge is 0.319 e. The molecule has 0 bridgehead atoms. The first-order valence-electron chi connectivity index (χ1n) is 8.64. The van der Waals surface area contributed by atoms with Crippen molar-refractivity contribution in [3.8, 4) is 0 Å². The van der Waals surface area contributed by atoms with Gasteiger partial charge in [-0.25, -0.2) is 0 Å². The van der Waals surface area contributed by atoms with Crippen molar-refractivity contribution in [3.63, 3.8) is 0 Å². The Balaban J connectivity index is 1.57. The minimum absolute atomic E-state index is 0.0808. The van der Waals surface area contributed by atoms with Gasteiger partial charge < -0.3 is 10.2 Å². The highest BCUT2D eigenvalue weighted by Gasteiger charge is 2.19. The molecule has 0 radical (unpaired) electrons. The molecule has 0 aliphatic heterocycles. The lowest BCUT2D eigenvalue weighted by Crippen LogP contribution is -2.18. The van der Waals surface area contributed by atoms with Crippen molar-refractivity contribution in [2.45, 2.75) is 19.4 Å². The van der Waals surface area contributed by atoms with Crippen LogP contribution in [-0.2, 0) is 19.4 Å². The quantitative estimate of drug-likeness (QED) is 0.780. The Morgan fingerprint density at radius 3 is 2.80 bits per heavy atom. The number of benzene rings is 2. The van der Waals surface area contributed by atoms with Crippen LogP contribution >= 0.6 is 0 Å². The fourth-order valence-corrected chi connectivity index (χ4v) is 3.50. The molecule has 5 nitrogen and oxygen atoms in total. The predicted octanol–water partition coefficient (Wildman–Crippen LogP) is 2.95. The van der Waals surface area contributed by atoms with Crippen LogP contribution in [0, 0.1) is 0 Å². The maximum Gasteiger partial charge on any atom is 0.256 e. The zero-order chi connectivity index (χ0) is 17.4. The number of hydrogen-bond donors (Lipinski definition) is 1. The number of aryl methyl sites for hydroxylation is 2. The number of aromatic nitrogens is 2. The van der Waals surface area contributed by atoms with Gasteiger partial charge >= 0.3 is 0 Å². The molecule has 3 aromatic rings. The summed E-state index contributed by atoms with van der Waals surface area (Å²) in [7, 11) is 4.06. The first-order valence-corrected chi connectivity index (χ1v) is 8.64. The van der Waals surface area contributed by atoms with Crippen molar-refractivity contribution < 1.29 is 4.79 Å². The maximum absolute atomic E-state index is 12.8. The van der Waals surface area contributed by atoms with E-state index in [0.717, 1.165) is 42.6 Å². The Labute approximate surface area is 147 Å². The molecule has 2 aromatic carbocycles. The van der Waals surface area contributed by atoms with Gasteiger partial charge in [-0.15, -0.1) is 0 Å². The van der Waals surface area contributed by atoms with E-state index < -0.39 is 0 Å². The van der Waals surface area contributed by atoms with E-state index >= 15 is 0 Å². The van der Waals surface area contributed by atoms with Gasteiger partial charge in [-0.2, -0.15) is 5.10 Å². The molecule has 1 aliphatic rings. The lowest BCUT2D eigenvalue weighted by Gasteiger charge is -2.09. The monoisotopic (exact) mass is 334 g/mol. The number of rotatable bonds is 5. The molecule has 1 aliphatic carbocycles. The number of hydrogen-bond acceptors (Lipinski definition) is 3. The fourth-order valence-electron chi connectivity index (χ4n) is 3.50. The Morgan fingerprint density at radius 2 is 2.00 bits per heavy atom. The smallest absolute Gasteiger partial charge is 0.256 e. The third-order valence-corrected chi connectivity index (χ3v) is 4.79.